The summed E-state index contributed by atoms with van der Waals surface area (Å²) < 4.78 is 31.8. The van der Waals surface area contributed by atoms with Crippen molar-refractivity contribution in [1.82, 2.24) is 4.90 Å². The number of hydrogen-bond acceptors (Lipinski definition) is 3. The molecule has 1 amide bonds. The second-order valence-electron chi connectivity index (χ2n) is 5.47. The average Bonchev–Trinajstić information content (AvgIpc) is 2.54. The number of rotatable bonds is 6. The van der Waals surface area contributed by atoms with Crippen molar-refractivity contribution in [3.05, 3.63) is 35.4 Å². The van der Waals surface area contributed by atoms with E-state index in [1.807, 2.05) is 0 Å². The highest BCUT2D eigenvalue weighted by atomic mass is 19.2. The lowest BCUT2D eigenvalue weighted by Crippen LogP contribution is -2.42. The number of carbonyl (C=O) groups is 2. The van der Waals surface area contributed by atoms with Gasteiger partial charge in [-0.2, -0.15) is 0 Å². The van der Waals surface area contributed by atoms with Crippen LogP contribution in [-0.2, 0) is 14.3 Å². The van der Waals surface area contributed by atoms with E-state index in [0.29, 0.717) is 31.6 Å². The predicted octanol–water partition coefficient (Wildman–Crippen LogP) is 2.51. The lowest BCUT2D eigenvalue weighted by Gasteiger charge is -2.33. The van der Waals surface area contributed by atoms with E-state index in [4.69, 9.17) is 9.84 Å². The van der Waals surface area contributed by atoms with Gasteiger partial charge in [-0.15, -0.1) is 0 Å². The van der Waals surface area contributed by atoms with Gasteiger partial charge in [-0.25, -0.2) is 8.78 Å². The van der Waals surface area contributed by atoms with Crippen LogP contribution in [0.3, 0.4) is 0 Å². The van der Waals surface area contributed by atoms with Gasteiger partial charge in [0, 0.05) is 19.4 Å². The third kappa shape index (κ3) is 4.99. The highest BCUT2D eigenvalue weighted by Gasteiger charge is 2.25. The van der Waals surface area contributed by atoms with Crippen molar-refractivity contribution in [2.45, 2.75) is 31.8 Å². The minimum Gasteiger partial charge on any atom is -0.481 e. The molecule has 1 fully saturated rings. The summed E-state index contributed by atoms with van der Waals surface area (Å²) >= 11 is 0. The summed E-state index contributed by atoms with van der Waals surface area (Å²) in [5, 5.41) is 8.56. The van der Waals surface area contributed by atoms with Crippen LogP contribution in [0.25, 0.3) is 0 Å². The molecule has 7 heteroatoms. The molecule has 0 aromatic heterocycles. The normalized spacial score (nSPS) is 18.0. The van der Waals surface area contributed by atoms with Gasteiger partial charge in [0.05, 0.1) is 13.2 Å². The topological polar surface area (TPSA) is 66.8 Å². The van der Waals surface area contributed by atoms with Crippen molar-refractivity contribution in [2.24, 2.45) is 0 Å². The quantitative estimate of drug-likeness (QED) is 0.815. The summed E-state index contributed by atoms with van der Waals surface area (Å²) in [6.45, 7) is 1.05. The molecule has 1 N–H and O–H groups in total. The number of nitrogens with zero attached hydrogens (tertiary/aromatic N) is 1. The first kappa shape index (κ1) is 17.3. The number of ether oxygens (including phenoxy) is 1. The van der Waals surface area contributed by atoms with Crippen molar-refractivity contribution in [3.8, 4) is 0 Å². The summed E-state index contributed by atoms with van der Waals surface area (Å²) in [5.74, 6) is -2.81. The van der Waals surface area contributed by atoms with Crippen LogP contribution in [0.15, 0.2) is 18.2 Å². The first-order valence-electron chi connectivity index (χ1n) is 7.53. The van der Waals surface area contributed by atoms with Gasteiger partial charge in [-0.3, -0.25) is 9.59 Å². The molecule has 1 aliphatic heterocycles. The van der Waals surface area contributed by atoms with Crippen molar-refractivity contribution in [3.63, 3.8) is 0 Å². The molecule has 1 atom stereocenters. The Labute approximate surface area is 132 Å². The van der Waals surface area contributed by atoms with E-state index in [2.05, 4.69) is 0 Å². The highest BCUT2D eigenvalue weighted by Crippen LogP contribution is 2.24. The zero-order chi connectivity index (χ0) is 16.8. The summed E-state index contributed by atoms with van der Waals surface area (Å²) in [6, 6.07) is 3.57. The fourth-order valence-electron chi connectivity index (χ4n) is 2.50. The van der Waals surface area contributed by atoms with Crippen LogP contribution >= 0.6 is 0 Å². The monoisotopic (exact) mass is 327 g/mol. The van der Waals surface area contributed by atoms with Gasteiger partial charge in [0.2, 0.25) is 5.91 Å². The zero-order valence-corrected chi connectivity index (χ0v) is 12.6. The molecule has 0 radical (unpaired) electrons. The summed E-state index contributed by atoms with van der Waals surface area (Å²) in [4.78, 5) is 24.2. The second kappa shape index (κ2) is 8.01. The summed E-state index contributed by atoms with van der Waals surface area (Å²) in [5.41, 5.74) is 0.493. The smallest absolute Gasteiger partial charge is 0.303 e. The van der Waals surface area contributed by atoms with E-state index in [0.717, 1.165) is 12.1 Å². The number of hydrogen-bond donors (Lipinski definition) is 1. The van der Waals surface area contributed by atoms with E-state index >= 15 is 0 Å². The molecule has 126 valence electrons. The Morgan fingerprint density at radius 2 is 1.96 bits per heavy atom. The third-order valence-electron chi connectivity index (χ3n) is 3.77. The van der Waals surface area contributed by atoms with Crippen molar-refractivity contribution >= 4 is 11.9 Å². The molecule has 1 unspecified atom stereocenters. The molecule has 0 spiro atoms. The fraction of sp³-hybridized carbons (Fsp3) is 0.500. The van der Waals surface area contributed by atoms with Gasteiger partial charge in [0.1, 0.15) is 6.10 Å². The van der Waals surface area contributed by atoms with Crippen LogP contribution in [0, 0.1) is 11.6 Å². The molecule has 0 saturated carbocycles. The number of aliphatic carboxylic acids is 1. The van der Waals surface area contributed by atoms with Crippen LogP contribution in [0.5, 0.6) is 0 Å². The zero-order valence-electron chi connectivity index (χ0n) is 12.6. The molecular weight excluding hydrogens is 308 g/mol. The van der Waals surface area contributed by atoms with Crippen molar-refractivity contribution < 1.29 is 28.2 Å². The first-order chi connectivity index (χ1) is 11.0. The average molecular weight is 327 g/mol. The number of halogens is 2. The summed E-state index contributed by atoms with van der Waals surface area (Å²) in [7, 11) is 0. The molecule has 23 heavy (non-hydrogen) atoms. The third-order valence-corrected chi connectivity index (χ3v) is 3.77. The highest BCUT2D eigenvalue weighted by molar-refractivity contribution is 5.76. The predicted molar refractivity (Wildman–Crippen MR) is 77.7 cm³/mol. The van der Waals surface area contributed by atoms with Crippen molar-refractivity contribution in [2.75, 3.05) is 19.7 Å². The van der Waals surface area contributed by atoms with Crippen LogP contribution < -0.4 is 0 Å². The number of unbranched alkanes of at least 4 members (excludes halogenated alkanes) is 1. The van der Waals surface area contributed by atoms with Gasteiger partial charge in [-0.05, 0) is 30.5 Å². The van der Waals surface area contributed by atoms with Gasteiger partial charge in [-0.1, -0.05) is 6.07 Å². The first-order valence-corrected chi connectivity index (χ1v) is 7.53. The second-order valence-corrected chi connectivity index (χ2v) is 5.47. The van der Waals surface area contributed by atoms with Gasteiger partial charge >= 0.3 is 5.97 Å². The number of amides is 1. The van der Waals surface area contributed by atoms with Crippen LogP contribution in [-0.4, -0.2) is 41.6 Å². The molecule has 5 nitrogen and oxygen atoms in total. The fourth-order valence-corrected chi connectivity index (χ4v) is 2.50. The van der Waals surface area contributed by atoms with Crippen molar-refractivity contribution in [1.29, 1.82) is 0 Å². The van der Waals surface area contributed by atoms with Gasteiger partial charge in [0.15, 0.2) is 11.6 Å². The Balaban J connectivity index is 1.88. The Bertz CT molecular complexity index is 579. The van der Waals surface area contributed by atoms with E-state index in [9.17, 15) is 18.4 Å². The van der Waals surface area contributed by atoms with E-state index in [1.54, 1.807) is 4.90 Å². The SMILES string of the molecule is O=C(O)CCCCC(=O)N1CCOC(c2ccc(F)c(F)c2)C1. The Hall–Kier alpha value is -2.02. The molecule has 1 heterocycles. The maximum Gasteiger partial charge on any atom is 0.303 e. The van der Waals surface area contributed by atoms with Crippen LogP contribution in [0.4, 0.5) is 8.78 Å². The number of carbonyl (C=O) groups excluding carboxylic acids is 1. The minimum absolute atomic E-state index is 0.0495. The van der Waals surface area contributed by atoms with E-state index in [1.165, 1.54) is 6.07 Å². The number of carboxylic acids is 1. The maximum absolute atomic E-state index is 13.3. The molecule has 0 aliphatic carbocycles. The minimum atomic E-state index is -0.941. The Morgan fingerprint density at radius 3 is 2.65 bits per heavy atom. The van der Waals surface area contributed by atoms with E-state index in [-0.39, 0.29) is 25.3 Å². The lowest BCUT2D eigenvalue weighted by atomic mass is 10.1. The molecule has 1 aromatic carbocycles. The Morgan fingerprint density at radius 1 is 1.22 bits per heavy atom. The number of morpholine rings is 1. The molecule has 1 aromatic rings. The number of benzene rings is 1. The van der Waals surface area contributed by atoms with Crippen LogP contribution in [0.2, 0.25) is 0 Å². The van der Waals surface area contributed by atoms with Gasteiger partial charge < -0.3 is 14.7 Å². The standard InChI is InChI=1S/C16H19F2NO4/c17-12-6-5-11(9-13(12)18)14-10-19(7-8-23-14)15(20)3-1-2-4-16(21)22/h5-6,9,14H,1-4,7-8,10H2,(H,21,22). The van der Waals surface area contributed by atoms with Gasteiger partial charge in [0.25, 0.3) is 0 Å². The maximum atomic E-state index is 13.3. The number of carboxylic acid groups (broad SMARTS) is 1. The molecule has 1 aliphatic rings. The van der Waals surface area contributed by atoms with E-state index < -0.39 is 23.7 Å². The Kier molecular flexibility index (Phi) is 6.04. The molecular formula is C16H19F2NO4. The molecule has 1 saturated heterocycles. The van der Waals surface area contributed by atoms with Crippen LogP contribution in [0.1, 0.15) is 37.4 Å². The molecule has 2 rings (SSSR count). The molecule has 0 bridgehead atoms. The largest absolute Gasteiger partial charge is 0.481 e. The summed E-state index contributed by atoms with van der Waals surface area (Å²) in [6.07, 6.45) is 0.809. The lowest BCUT2D eigenvalue weighted by molar-refractivity contribution is -0.140.